The third-order valence-corrected chi connectivity index (χ3v) is 6.27. The van der Waals surface area contributed by atoms with Crippen molar-refractivity contribution in [1.29, 1.82) is 5.26 Å². The fourth-order valence-electron chi connectivity index (χ4n) is 3.14. The fourth-order valence-corrected chi connectivity index (χ4v) is 4.71. The van der Waals surface area contributed by atoms with Gasteiger partial charge in [0, 0.05) is 13.1 Å². The molecule has 5 nitrogen and oxygen atoms in total. The molecule has 27 heavy (non-hydrogen) atoms. The van der Waals surface area contributed by atoms with Crippen LogP contribution in [0.25, 0.3) is 0 Å². The Morgan fingerprint density at radius 1 is 1.19 bits per heavy atom. The van der Waals surface area contributed by atoms with Crippen molar-refractivity contribution in [2.24, 2.45) is 5.73 Å². The second kappa shape index (κ2) is 6.87. The van der Waals surface area contributed by atoms with Crippen LogP contribution in [0.15, 0.2) is 41.3 Å². The van der Waals surface area contributed by atoms with Gasteiger partial charge in [0.2, 0.25) is 0 Å². The number of fused-ring (bicyclic) bond motifs is 1. The molecule has 0 radical (unpaired) electrons. The van der Waals surface area contributed by atoms with Crippen LogP contribution >= 0.6 is 0 Å². The smallest absolute Gasteiger partial charge is 0.326 e. The van der Waals surface area contributed by atoms with Crippen LogP contribution in [0.5, 0.6) is 0 Å². The van der Waals surface area contributed by atoms with Crippen molar-refractivity contribution in [2.45, 2.75) is 30.5 Å². The molecule has 3 rings (SSSR count). The van der Waals surface area contributed by atoms with E-state index in [2.05, 4.69) is 0 Å². The van der Waals surface area contributed by atoms with Gasteiger partial charge in [0.1, 0.15) is 0 Å². The van der Waals surface area contributed by atoms with E-state index < -0.39 is 27.3 Å². The van der Waals surface area contributed by atoms with Gasteiger partial charge < -0.3 is 5.73 Å². The molecule has 0 aromatic heterocycles. The summed E-state index contributed by atoms with van der Waals surface area (Å²) in [5.41, 5.74) is 5.91. The zero-order valence-corrected chi connectivity index (χ0v) is 14.9. The lowest BCUT2D eigenvalue weighted by Gasteiger charge is -2.31. The molecule has 0 fully saturated rings. The lowest BCUT2D eigenvalue weighted by Crippen LogP contribution is -2.35. The molecule has 9 heteroatoms. The Labute approximate surface area is 154 Å². The molecule has 2 N–H and O–H groups in total. The molecule has 0 saturated heterocycles. The number of nitrogens with zero attached hydrogens (tertiary/aromatic N) is 2. The van der Waals surface area contributed by atoms with Gasteiger partial charge in [-0.3, -0.25) is 4.31 Å². The minimum Gasteiger partial charge on any atom is -0.326 e. The molecule has 0 saturated carbocycles. The maximum absolute atomic E-state index is 13.0. The summed E-state index contributed by atoms with van der Waals surface area (Å²) < 4.78 is 66.2. The molecule has 1 aliphatic rings. The van der Waals surface area contributed by atoms with Crippen molar-refractivity contribution in [1.82, 2.24) is 0 Å². The lowest BCUT2D eigenvalue weighted by atomic mass is 10.0. The Hall–Kier alpha value is -2.57. The van der Waals surface area contributed by atoms with Crippen molar-refractivity contribution < 1.29 is 21.6 Å². The second-order valence-corrected chi connectivity index (χ2v) is 8.03. The highest BCUT2D eigenvalue weighted by Gasteiger charge is 2.35. The van der Waals surface area contributed by atoms with E-state index in [9.17, 15) is 21.6 Å². The number of halogens is 3. The zero-order chi connectivity index (χ0) is 19.8. The zero-order valence-electron chi connectivity index (χ0n) is 14.1. The summed E-state index contributed by atoms with van der Waals surface area (Å²) in [5.74, 6) is 0. The number of hydrogen-bond donors (Lipinski definition) is 1. The van der Waals surface area contributed by atoms with E-state index in [-0.39, 0.29) is 11.4 Å². The highest BCUT2D eigenvalue weighted by atomic mass is 32.2. The van der Waals surface area contributed by atoms with Gasteiger partial charge in [-0.1, -0.05) is 12.1 Å². The number of sulfonamides is 1. The summed E-state index contributed by atoms with van der Waals surface area (Å²) in [4.78, 5) is -0.345. The van der Waals surface area contributed by atoms with E-state index in [1.165, 1.54) is 10.4 Å². The summed E-state index contributed by atoms with van der Waals surface area (Å²) in [6.07, 6.45) is -3.47. The van der Waals surface area contributed by atoms with Gasteiger partial charge in [0.05, 0.1) is 27.8 Å². The monoisotopic (exact) mass is 395 g/mol. The first kappa shape index (κ1) is 19.2. The van der Waals surface area contributed by atoms with E-state index in [0.717, 1.165) is 23.3 Å². The number of alkyl halides is 3. The van der Waals surface area contributed by atoms with Crippen LogP contribution in [0.3, 0.4) is 0 Å². The molecular formula is C18H16F3N3O2S. The topological polar surface area (TPSA) is 87.2 Å². The number of anilines is 1. The Bertz CT molecular complexity index is 1030. The van der Waals surface area contributed by atoms with E-state index in [4.69, 9.17) is 11.0 Å². The number of benzene rings is 2. The summed E-state index contributed by atoms with van der Waals surface area (Å²) in [5, 5.41) is 9.03. The van der Waals surface area contributed by atoms with Crippen LogP contribution in [-0.2, 0) is 29.2 Å². The fraction of sp³-hybridized carbons (Fsp3) is 0.278. The van der Waals surface area contributed by atoms with Crippen molar-refractivity contribution in [3.63, 3.8) is 0 Å². The third-order valence-electron chi connectivity index (χ3n) is 4.46. The van der Waals surface area contributed by atoms with Crippen molar-refractivity contribution in [2.75, 3.05) is 10.8 Å². The third kappa shape index (κ3) is 3.50. The predicted molar refractivity (Wildman–Crippen MR) is 93.3 cm³/mol. The number of rotatable bonds is 3. The van der Waals surface area contributed by atoms with E-state index in [1.807, 2.05) is 6.07 Å². The maximum atomic E-state index is 13.0. The van der Waals surface area contributed by atoms with Crippen LogP contribution in [0.1, 0.15) is 28.7 Å². The van der Waals surface area contributed by atoms with Crippen molar-refractivity contribution in [3.05, 3.63) is 58.7 Å². The number of aryl methyl sites for hydroxylation is 1. The molecule has 2 aromatic rings. The predicted octanol–water partition coefficient (Wildman–Crippen LogP) is 3.18. The first-order valence-electron chi connectivity index (χ1n) is 8.14. The Kier molecular flexibility index (Phi) is 4.88. The average Bonchev–Trinajstić information content (AvgIpc) is 2.65. The van der Waals surface area contributed by atoms with Gasteiger partial charge in [0.15, 0.2) is 0 Å². The molecule has 1 heterocycles. The van der Waals surface area contributed by atoms with Crippen LogP contribution in [0, 0.1) is 11.3 Å². The normalized spacial score (nSPS) is 14.6. The van der Waals surface area contributed by atoms with Crippen LogP contribution in [0.2, 0.25) is 0 Å². The molecule has 0 atom stereocenters. The van der Waals surface area contributed by atoms with Gasteiger partial charge in [0.25, 0.3) is 10.0 Å². The molecule has 0 unspecified atom stereocenters. The highest BCUT2D eigenvalue weighted by Crippen LogP contribution is 2.36. The summed E-state index contributed by atoms with van der Waals surface area (Å²) in [6, 6.07) is 8.95. The minimum absolute atomic E-state index is 0.209. The summed E-state index contributed by atoms with van der Waals surface area (Å²) >= 11 is 0. The van der Waals surface area contributed by atoms with Crippen molar-refractivity contribution in [3.8, 4) is 6.07 Å². The Morgan fingerprint density at radius 3 is 2.56 bits per heavy atom. The SMILES string of the molecule is N#Cc1cc(S(=O)(=O)N2CCCc3cc(CN)ccc32)ccc1C(F)(F)F. The minimum atomic E-state index is -4.73. The average molecular weight is 395 g/mol. The lowest BCUT2D eigenvalue weighted by molar-refractivity contribution is -0.137. The van der Waals surface area contributed by atoms with Gasteiger partial charge in [-0.25, -0.2) is 8.42 Å². The van der Waals surface area contributed by atoms with Crippen LogP contribution in [0.4, 0.5) is 18.9 Å². The quantitative estimate of drug-likeness (QED) is 0.865. The molecule has 0 bridgehead atoms. The molecule has 0 aliphatic carbocycles. The molecule has 2 aromatic carbocycles. The number of nitriles is 1. The largest absolute Gasteiger partial charge is 0.417 e. The first-order chi connectivity index (χ1) is 12.7. The van der Waals surface area contributed by atoms with E-state index >= 15 is 0 Å². The molecular weight excluding hydrogens is 379 g/mol. The van der Waals surface area contributed by atoms with E-state index in [0.29, 0.717) is 31.1 Å². The van der Waals surface area contributed by atoms with E-state index in [1.54, 1.807) is 12.1 Å². The van der Waals surface area contributed by atoms with Gasteiger partial charge in [-0.2, -0.15) is 18.4 Å². The Morgan fingerprint density at radius 2 is 1.93 bits per heavy atom. The molecule has 0 amide bonds. The summed E-state index contributed by atoms with van der Waals surface area (Å²) in [7, 11) is -4.11. The number of nitrogens with two attached hydrogens (primary N) is 1. The molecule has 0 spiro atoms. The van der Waals surface area contributed by atoms with Gasteiger partial charge in [-0.05, 0) is 48.2 Å². The molecule has 142 valence electrons. The maximum Gasteiger partial charge on any atom is 0.417 e. The number of hydrogen-bond acceptors (Lipinski definition) is 4. The van der Waals surface area contributed by atoms with Gasteiger partial charge in [-0.15, -0.1) is 0 Å². The second-order valence-electron chi connectivity index (χ2n) is 6.16. The highest BCUT2D eigenvalue weighted by molar-refractivity contribution is 7.92. The van der Waals surface area contributed by atoms with Crippen molar-refractivity contribution >= 4 is 15.7 Å². The van der Waals surface area contributed by atoms with Gasteiger partial charge >= 0.3 is 6.18 Å². The first-order valence-corrected chi connectivity index (χ1v) is 9.58. The molecule has 1 aliphatic heterocycles. The summed E-state index contributed by atoms with van der Waals surface area (Å²) in [6.45, 7) is 0.532. The van der Waals surface area contributed by atoms with Crippen LogP contribution in [-0.4, -0.2) is 15.0 Å². The Balaban J connectivity index is 2.08. The standard InChI is InChI=1S/C18H16F3N3O2S/c19-18(20,21)16-5-4-15(9-14(16)11-23)27(25,26)24-7-1-2-13-8-12(10-22)3-6-17(13)24/h3-6,8-9H,1-2,7,10,22H2. The van der Waals surface area contributed by atoms with Crippen LogP contribution < -0.4 is 10.0 Å².